The van der Waals surface area contributed by atoms with E-state index in [1.165, 1.54) is 6.07 Å². The van der Waals surface area contributed by atoms with Gasteiger partial charge in [-0.1, -0.05) is 18.2 Å². The van der Waals surface area contributed by atoms with Gasteiger partial charge in [0.2, 0.25) is 0 Å². The topological polar surface area (TPSA) is 50.2 Å². The summed E-state index contributed by atoms with van der Waals surface area (Å²) in [7, 11) is 0. The molecular formula is C15H17FN4O. The molecule has 1 aliphatic rings. The van der Waals surface area contributed by atoms with E-state index in [0.29, 0.717) is 18.7 Å². The quantitative estimate of drug-likeness (QED) is 0.941. The molecule has 1 fully saturated rings. The molecule has 1 N–H and O–H groups in total. The second-order valence-corrected chi connectivity index (χ2v) is 5.12. The normalized spacial score (nSPS) is 18.0. The van der Waals surface area contributed by atoms with E-state index in [2.05, 4.69) is 10.4 Å². The predicted molar refractivity (Wildman–Crippen MR) is 76.1 cm³/mol. The number of nitrogens with one attached hydrogen (secondary N) is 1. The zero-order valence-corrected chi connectivity index (χ0v) is 11.6. The number of benzene rings is 1. The molecule has 1 aromatic heterocycles. The Morgan fingerprint density at radius 3 is 3.00 bits per heavy atom. The van der Waals surface area contributed by atoms with Gasteiger partial charge in [-0.3, -0.25) is 4.68 Å². The SMILES string of the molecule is O=C(NCc1ccccc1F)N1CCC(n2cccn2)C1. The van der Waals surface area contributed by atoms with E-state index >= 15 is 0 Å². The van der Waals surface area contributed by atoms with Crippen LogP contribution < -0.4 is 5.32 Å². The lowest BCUT2D eigenvalue weighted by Gasteiger charge is -2.17. The third-order valence-corrected chi connectivity index (χ3v) is 3.74. The zero-order chi connectivity index (χ0) is 14.7. The number of hydrogen-bond acceptors (Lipinski definition) is 2. The van der Waals surface area contributed by atoms with Crippen molar-refractivity contribution in [2.45, 2.75) is 19.0 Å². The van der Waals surface area contributed by atoms with Gasteiger partial charge in [0.05, 0.1) is 6.04 Å². The fraction of sp³-hybridized carbons (Fsp3) is 0.333. The Bertz CT molecular complexity index is 614. The molecule has 1 saturated heterocycles. The van der Waals surface area contributed by atoms with Gasteiger partial charge in [0.25, 0.3) is 0 Å². The van der Waals surface area contributed by atoms with Crippen LogP contribution in [0.4, 0.5) is 9.18 Å². The number of likely N-dealkylation sites (tertiary alicyclic amines) is 1. The number of carbonyl (C=O) groups excluding carboxylic acids is 1. The van der Waals surface area contributed by atoms with E-state index in [0.717, 1.165) is 6.42 Å². The van der Waals surface area contributed by atoms with Gasteiger partial charge in [-0.05, 0) is 18.6 Å². The van der Waals surface area contributed by atoms with E-state index in [1.807, 2.05) is 16.9 Å². The van der Waals surface area contributed by atoms with Crippen LogP contribution >= 0.6 is 0 Å². The molecule has 2 aromatic rings. The minimum Gasteiger partial charge on any atom is -0.334 e. The van der Waals surface area contributed by atoms with Crippen LogP contribution in [-0.4, -0.2) is 33.8 Å². The molecule has 2 heterocycles. The minimum atomic E-state index is -0.298. The molecule has 0 saturated carbocycles. The third kappa shape index (κ3) is 3.04. The van der Waals surface area contributed by atoms with Gasteiger partial charge >= 0.3 is 6.03 Å². The Morgan fingerprint density at radius 2 is 2.24 bits per heavy atom. The molecule has 2 amide bonds. The molecule has 110 valence electrons. The van der Waals surface area contributed by atoms with Crippen molar-refractivity contribution in [2.75, 3.05) is 13.1 Å². The van der Waals surface area contributed by atoms with Crippen molar-refractivity contribution < 1.29 is 9.18 Å². The van der Waals surface area contributed by atoms with E-state index < -0.39 is 0 Å². The van der Waals surface area contributed by atoms with Crippen LogP contribution in [0.5, 0.6) is 0 Å². The van der Waals surface area contributed by atoms with Crippen molar-refractivity contribution in [2.24, 2.45) is 0 Å². The van der Waals surface area contributed by atoms with Crippen molar-refractivity contribution in [3.05, 3.63) is 54.1 Å². The predicted octanol–water partition coefficient (Wildman–Crippen LogP) is 2.18. The number of hydrogen-bond donors (Lipinski definition) is 1. The summed E-state index contributed by atoms with van der Waals surface area (Å²) in [5.74, 6) is -0.298. The van der Waals surface area contributed by atoms with E-state index in [1.54, 1.807) is 29.3 Å². The molecule has 1 aliphatic heterocycles. The minimum absolute atomic E-state index is 0.159. The fourth-order valence-corrected chi connectivity index (χ4v) is 2.56. The molecule has 1 unspecified atom stereocenters. The summed E-state index contributed by atoms with van der Waals surface area (Å²) in [6.45, 7) is 1.52. The third-order valence-electron chi connectivity index (χ3n) is 3.74. The highest BCUT2D eigenvalue weighted by molar-refractivity contribution is 5.74. The lowest BCUT2D eigenvalue weighted by atomic mass is 10.2. The van der Waals surface area contributed by atoms with Gasteiger partial charge in [-0.15, -0.1) is 0 Å². The van der Waals surface area contributed by atoms with Gasteiger partial charge in [0.15, 0.2) is 0 Å². The zero-order valence-electron chi connectivity index (χ0n) is 11.6. The van der Waals surface area contributed by atoms with E-state index in [4.69, 9.17) is 0 Å². The average molecular weight is 288 g/mol. The maximum absolute atomic E-state index is 13.5. The Labute approximate surface area is 122 Å². The monoisotopic (exact) mass is 288 g/mol. The maximum Gasteiger partial charge on any atom is 0.317 e. The van der Waals surface area contributed by atoms with Crippen LogP contribution in [0.25, 0.3) is 0 Å². The van der Waals surface area contributed by atoms with Crippen LogP contribution in [-0.2, 0) is 6.54 Å². The first-order valence-electron chi connectivity index (χ1n) is 6.99. The van der Waals surface area contributed by atoms with Crippen LogP contribution in [0, 0.1) is 5.82 Å². The number of nitrogens with zero attached hydrogens (tertiary/aromatic N) is 3. The molecular weight excluding hydrogens is 271 g/mol. The van der Waals surface area contributed by atoms with E-state index in [-0.39, 0.29) is 24.4 Å². The summed E-state index contributed by atoms with van der Waals surface area (Å²) >= 11 is 0. The van der Waals surface area contributed by atoms with Crippen LogP contribution in [0.3, 0.4) is 0 Å². The highest BCUT2D eigenvalue weighted by atomic mass is 19.1. The van der Waals surface area contributed by atoms with Crippen molar-refractivity contribution >= 4 is 6.03 Å². The Morgan fingerprint density at radius 1 is 1.38 bits per heavy atom. The molecule has 5 nitrogen and oxygen atoms in total. The Kier molecular flexibility index (Phi) is 3.85. The summed E-state index contributed by atoms with van der Waals surface area (Å²) in [5, 5.41) is 6.97. The maximum atomic E-state index is 13.5. The molecule has 3 rings (SSSR count). The fourth-order valence-electron chi connectivity index (χ4n) is 2.56. The van der Waals surface area contributed by atoms with Gasteiger partial charge in [-0.2, -0.15) is 5.10 Å². The van der Waals surface area contributed by atoms with Crippen molar-refractivity contribution in [3.63, 3.8) is 0 Å². The Balaban J connectivity index is 1.54. The lowest BCUT2D eigenvalue weighted by Crippen LogP contribution is -2.38. The van der Waals surface area contributed by atoms with Gasteiger partial charge in [-0.25, -0.2) is 9.18 Å². The first-order valence-corrected chi connectivity index (χ1v) is 6.99. The summed E-state index contributed by atoms with van der Waals surface area (Å²) in [6, 6.07) is 8.40. The van der Waals surface area contributed by atoms with Crippen LogP contribution in [0.2, 0.25) is 0 Å². The molecule has 0 aliphatic carbocycles. The molecule has 1 atom stereocenters. The molecule has 1 aromatic carbocycles. The summed E-state index contributed by atoms with van der Waals surface area (Å²) in [6.07, 6.45) is 4.53. The van der Waals surface area contributed by atoms with Crippen molar-refractivity contribution in [1.82, 2.24) is 20.0 Å². The standard InChI is InChI=1S/C15H17FN4O/c16-14-5-2-1-4-12(14)10-17-15(21)19-9-6-13(11-19)20-8-3-7-18-20/h1-5,7-8,13H,6,9-11H2,(H,17,21). The molecule has 0 bridgehead atoms. The number of halogens is 1. The number of amides is 2. The first kappa shape index (κ1) is 13.6. The summed E-state index contributed by atoms with van der Waals surface area (Å²) in [4.78, 5) is 13.9. The second kappa shape index (κ2) is 5.95. The largest absolute Gasteiger partial charge is 0.334 e. The van der Waals surface area contributed by atoms with Crippen LogP contribution in [0.15, 0.2) is 42.7 Å². The number of aromatic nitrogens is 2. The molecule has 0 radical (unpaired) electrons. The van der Waals surface area contributed by atoms with Gasteiger partial charge in [0.1, 0.15) is 5.82 Å². The lowest BCUT2D eigenvalue weighted by molar-refractivity contribution is 0.206. The molecule has 6 heteroatoms. The average Bonchev–Trinajstić information content (AvgIpc) is 3.16. The summed E-state index contributed by atoms with van der Waals surface area (Å²) in [5.41, 5.74) is 0.494. The van der Waals surface area contributed by atoms with Crippen molar-refractivity contribution in [3.8, 4) is 0 Å². The number of urea groups is 1. The smallest absolute Gasteiger partial charge is 0.317 e. The van der Waals surface area contributed by atoms with E-state index in [9.17, 15) is 9.18 Å². The summed E-state index contributed by atoms with van der Waals surface area (Å²) < 4.78 is 15.4. The highest BCUT2D eigenvalue weighted by Crippen LogP contribution is 2.20. The number of carbonyl (C=O) groups is 1. The first-order chi connectivity index (χ1) is 10.2. The second-order valence-electron chi connectivity index (χ2n) is 5.12. The highest BCUT2D eigenvalue weighted by Gasteiger charge is 2.27. The number of rotatable bonds is 3. The Hall–Kier alpha value is -2.37. The van der Waals surface area contributed by atoms with Gasteiger partial charge < -0.3 is 10.2 Å². The molecule has 21 heavy (non-hydrogen) atoms. The molecule has 0 spiro atoms. The van der Waals surface area contributed by atoms with Crippen LogP contribution in [0.1, 0.15) is 18.0 Å². The van der Waals surface area contributed by atoms with Crippen molar-refractivity contribution in [1.29, 1.82) is 0 Å². The van der Waals surface area contributed by atoms with Gasteiger partial charge in [0, 0.05) is 37.6 Å².